The van der Waals surface area contributed by atoms with E-state index in [1.165, 1.54) is 9.21 Å². The van der Waals surface area contributed by atoms with Gasteiger partial charge in [0.05, 0.1) is 4.90 Å². The number of nitrogens with zero attached hydrogens (tertiary/aromatic N) is 2. The fourth-order valence-corrected chi connectivity index (χ4v) is 3.78. The Hall–Kier alpha value is -2.18. The predicted octanol–water partition coefficient (Wildman–Crippen LogP) is 2.60. The summed E-state index contributed by atoms with van der Waals surface area (Å²) in [6.07, 6.45) is 0. The Labute approximate surface area is 143 Å². The van der Waals surface area contributed by atoms with Crippen molar-refractivity contribution in [2.24, 2.45) is 0 Å². The first-order valence-corrected chi connectivity index (χ1v) is 9.16. The van der Waals surface area contributed by atoms with Crippen molar-refractivity contribution in [3.05, 3.63) is 65.7 Å². The Bertz CT molecular complexity index is 785. The number of hydrogen-bond acceptors (Lipinski definition) is 3. The molecule has 5 nitrogen and oxygen atoms in total. The summed E-state index contributed by atoms with van der Waals surface area (Å²) >= 11 is 0. The summed E-state index contributed by atoms with van der Waals surface area (Å²) in [5.41, 5.74) is 1.42. The number of benzene rings is 2. The van der Waals surface area contributed by atoms with Gasteiger partial charge in [-0.3, -0.25) is 4.79 Å². The van der Waals surface area contributed by atoms with Crippen LogP contribution in [0.2, 0.25) is 0 Å². The number of carbonyl (C=O) groups excluding carboxylic acids is 1. The molecule has 0 spiro atoms. The van der Waals surface area contributed by atoms with Crippen LogP contribution in [0, 0.1) is 0 Å². The van der Waals surface area contributed by atoms with E-state index in [-0.39, 0.29) is 17.3 Å². The molecule has 0 saturated heterocycles. The number of carbonyl (C=O) groups is 1. The molecule has 0 heterocycles. The van der Waals surface area contributed by atoms with E-state index in [0.717, 1.165) is 5.56 Å². The van der Waals surface area contributed by atoms with Crippen molar-refractivity contribution >= 4 is 15.9 Å². The normalized spacial score (nSPS) is 11.5. The maximum Gasteiger partial charge on any atom is 0.253 e. The fraction of sp³-hybridized carbons (Fsp3) is 0.278. The van der Waals surface area contributed by atoms with Gasteiger partial charge in [-0.2, -0.15) is 4.31 Å². The van der Waals surface area contributed by atoms with Crippen LogP contribution in [0.1, 0.15) is 22.8 Å². The predicted molar refractivity (Wildman–Crippen MR) is 94.2 cm³/mol. The Morgan fingerprint density at radius 3 is 2.04 bits per heavy atom. The Kier molecular flexibility index (Phi) is 5.75. The quantitative estimate of drug-likeness (QED) is 0.808. The SMILES string of the molecule is CCN(Cc1ccc(C(=O)N(C)C)cc1)S(=O)(=O)c1ccccc1. The number of rotatable bonds is 6. The third-order valence-electron chi connectivity index (χ3n) is 3.70. The summed E-state index contributed by atoms with van der Waals surface area (Å²) in [4.78, 5) is 13.7. The number of hydrogen-bond donors (Lipinski definition) is 0. The minimum absolute atomic E-state index is 0.0780. The van der Waals surface area contributed by atoms with E-state index in [1.54, 1.807) is 68.7 Å². The van der Waals surface area contributed by atoms with Crippen LogP contribution in [0.25, 0.3) is 0 Å². The molecule has 0 N–H and O–H groups in total. The zero-order valence-electron chi connectivity index (χ0n) is 14.1. The maximum atomic E-state index is 12.7. The molecule has 2 aromatic carbocycles. The average molecular weight is 346 g/mol. The minimum Gasteiger partial charge on any atom is -0.345 e. The Balaban J connectivity index is 2.20. The van der Waals surface area contributed by atoms with Crippen LogP contribution in [0.4, 0.5) is 0 Å². The summed E-state index contributed by atoms with van der Waals surface area (Å²) in [6.45, 7) is 2.45. The molecule has 0 aliphatic carbocycles. The minimum atomic E-state index is -3.53. The lowest BCUT2D eigenvalue weighted by Gasteiger charge is -2.21. The molecule has 0 unspecified atom stereocenters. The standard InChI is InChI=1S/C18H22N2O3S/c1-4-20(24(22,23)17-8-6-5-7-9-17)14-15-10-12-16(13-11-15)18(21)19(2)3/h5-13H,4,14H2,1-3H3. The molecule has 0 bridgehead atoms. The third kappa shape index (κ3) is 4.01. The lowest BCUT2D eigenvalue weighted by molar-refractivity contribution is 0.0827. The zero-order valence-corrected chi connectivity index (χ0v) is 15.0. The van der Waals surface area contributed by atoms with Gasteiger partial charge in [-0.25, -0.2) is 8.42 Å². The van der Waals surface area contributed by atoms with E-state index in [0.29, 0.717) is 12.1 Å². The van der Waals surface area contributed by atoms with Crippen LogP contribution in [0.3, 0.4) is 0 Å². The molecular formula is C18H22N2O3S. The molecule has 2 rings (SSSR count). The second-order valence-corrected chi connectivity index (χ2v) is 7.58. The van der Waals surface area contributed by atoms with E-state index in [1.807, 2.05) is 6.92 Å². The van der Waals surface area contributed by atoms with E-state index in [4.69, 9.17) is 0 Å². The molecule has 0 aliphatic rings. The first-order valence-electron chi connectivity index (χ1n) is 7.72. The van der Waals surface area contributed by atoms with Gasteiger partial charge in [0, 0.05) is 32.7 Å². The van der Waals surface area contributed by atoms with Crippen LogP contribution in [0.15, 0.2) is 59.5 Å². The molecule has 0 saturated carbocycles. The molecule has 128 valence electrons. The van der Waals surface area contributed by atoms with Crippen LogP contribution in [0.5, 0.6) is 0 Å². The Morgan fingerprint density at radius 1 is 0.958 bits per heavy atom. The molecule has 1 amide bonds. The van der Waals surface area contributed by atoms with Crippen molar-refractivity contribution < 1.29 is 13.2 Å². The van der Waals surface area contributed by atoms with Crippen molar-refractivity contribution in [1.82, 2.24) is 9.21 Å². The van der Waals surface area contributed by atoms with Crippen molar-refractivity contribution in [2.45, 2.75) is 18.4 Å². The lowest BCUT2D eigenvalue weighted by atomic mass is 10.1. The summed E-state index contributed by atoms with van der Waals surface area (Å²) in [5, 5.41) is 0. The van der Waals surface area contributed by atoms with Gasteiger partial charge in [-0.15, -0.1) is 0 Å². The molecular weight excluding hydrogens is 324 g/mol. The fourth-order valence-electron chi connectivity index (χ4n) is 2.32. The van der Waals surface area contributed by atoms with Crippen molar-refractivity contribution in [3.63, 3.8) is 0 Å². The van der Waals surface area contributed by atoms with Gasteiger partial charge in [-0.05, 0) is 29.8 Å². The Morgan fingerprint density at radius 2 is 1.54 bits per heavy atom. The third-order valence-corrected chi connectivity index (χ3v) is 5.63. The summed E-state index contributed by atoms with van der Waals surface area (Å²) in [7, 11) is -0.139. The van der Waals surface area contributed by atoms with E-state index < -0.39 is 10.0 Å². The van der Waals surface area contributed by atoms with E-state index in [2.05, 4.69) is 0 Å². The molecule has 0 aliphatic heterocycles. The molecule has 0 radical (unpaired) electrons. The van der Waals surface area contributed by atoms with Gasteiger partial charge in [-0.1, -0.05) is 37.3 Å². The maximum absolute atomic E-state index is 12.7. The van der Waals surface area contributed by atoms with Crippen LogP contribution >= 0.6 is 0 Å². The summed E-state index contributed by atoms with van der Waals surface area (Å²) < 4.78 is 26.8. The van der Waals surface area contributed by atoms with Crippen LogP contribution < -0.4 is 0 Å². The summed E-state index contributed by atoms with van der Waals surface area (Å²) in [6, 6.07) is 15.4. The number of amides is 1. The topological polar surface area (TPSA) is 57.7 Å². The molecule has 0 atom stereocenters. The molecule has 6 heteroatoms. The largest absolute Gasteiger partial charge is 0.345 e. The van der Waals surface area contributed by atoms with Crippen molar-refractivity contribution in [3.8, 4) is 0 Å². The molecule has 24 heavy (non-hydrogen) atoms. The highest BCUT2D eigenvalue weighted by Gasteiger charge is 2.22. The highest BCUT2D eigenvalue weighted by Crippen LogP contribution is 2.18. The second kappa shape index (κ2) is 7.59. The van der Waals surface area contributed by atoms with Gasteiger partial charge < -0.3 is 4.90 Å². The van der Waals surface area contributed by atoms with Crippen molar-refractivity contribution in [1.29, 1.82) is 0 Å². The van der Waals surface area contributed by atoms with Gasteiger partial charge in [0.15, 0.2) is 0 Å². The highest BCUT2D eigenvalue weighted by atomic mass is 32.2. The van der Waals surface area contributed by atoms with E-state index >= 15 is 0 Å². The van der Waals surface area contributed by atoms with Gasteiger partial charge >= 0.3 is 0 Å². The zero-order chi connectivity index (χ0) is 17.7. The van der Waals surface area contributed by atoms with Crippen molar-refractivity contribution in [2.75, 3.05) is 20.6 Å². The first-order chi connectivity index (χ1) is 11.4. The van der Waals surface area contributed by atoms with Crippen LogP contribution in [-0.2, 0) is 16.6 Å². The monoisotopic (exact) mass is 346 g/mol. The first kappa shape index (κ1) is 18.2. The smallest absolute Gasteiger partial charge is 0.253 e. The average Bonchev–Trinajstić information content (AvgIpc) is 2.60. The van der Waals surface area contributed by atoms with Gasteiger partial charge in [0.2, 0.25) is 10.0 Å². The highest BCUT2D eigenvalue weighted by molar-refractivity contribution is 7.89. The molecule has 2 aromatic rings. The number of sulfonamides is 1. The second-order valence-electron chi connectivity index (χ2n) is 5.64. The molecule has 0 fully saturated rings. The lowest BCUT2D eigenvalue weighted by Crippen LogP contribution is -2.30. The van der Waals surface area contributed by atoms with E-state index in [9.17, 15) is 13.2 Å². The van der Waals surface area contributed by atoms with Gasteiger partial charge in [0.25, 0.3) is 5.91 Å². The summed E-state index contributed by atoms with van der Waals surface area (Å²) in [5.74, 6) is -0.0780. The van der Waals surface area contributed by atoms with Crippen LogP contribution in [-0.4, -0.2) is 44.2 Å². The van der Waals surface area contributed by atoms with Gasteiger partial charge in [0.1, 0.15) is 0 Å². The molecule has 0 aromatic heterocycles.